The fourth-order valence-corrected chi connectivity index (χ4v) is 3.38. The minimum absolute atomic E-state index is 0.00153. The molecule has 1 aromatic carbocycles. The van der Waals surface area contributed by atoms with Crippen LogP contribution in [0, 0.1) is 5.82 Å². The number of tetrazole rings is 1. The van der Waals surface area contributed by atoms with Gasteiger partial charge in [0, 0.05) is 13.1 Å². The fraction of sp³-hybridized carbons (Fsp3) is 0.429. The van der Waals surface area contributed by atoms with Crippen molar-refractivity contribution in [2.75, 3.05) is 18.8 Å². The van der Waals surface area contributed by atoms with E-state index in [1.165, 1.54) is 41.1 Å². The van der Waals surface area contributed by atoms with Crippen LogP contribution in [0.4, 0.5) is 4.39 Å². The van der Waals surface area contributed by atoms with Crippen molar-refractivity contribution in [1.82, 2.24) is 25.1 Å². The number of halogens is 2. The van der Waals surface area contributed by atoms with E-state index in [1.807, 2.05) is 4.90 Å². The van der Waals surface area contributed by atoms with Gasteiger partial charge in [-0.15, -0.1) is 5.10 Å². The number of carbonyl (C=O) groups excluding carboxylic acids is 1. The number of rotatable bonds is 4. The molecule has 0 N–H and O–H groups in total. The minimum atomic E-state index is -0.502. The van der Waals surface area contributed by atoms with E-state index in [4.69, 9.17) is 11.6 Å². The summed E-state index contributed by atoms with van der Waals surface area (Å²) in [7, 11) is 0. The molecule has 0 aliphatic carbocycles. The molecular formula is C14H15ClFN5OS. The van der Waals surface area contributed by atoms with E-state index in [1.54, 1.807) is 0 Å². The summed E-state index contributed by atoms with van der Waals surface area (Å²) in [6.45, 7) is 1.63. The van der Waals surface area contributed by atoms with Gasteiger partial charge in [-0.05, 0) is 47.9 Å². The molecule has 122 valence electrons. The van der Waals surface area contributed by atoms with Gasteiger partial charge in [0.05, 0.1) is 16.5 Å². The van der Waals surface area contributed by atoms with Crippen molar-refractivity contribution < 1.29 is 9.18 Å². The maximum absolute atomic E-state index is 13.3. The number of carbonyl (C=O) groups is 1. The molecule has 1 amide bonds. The maximum atomic E-state index is 13.3. The minimum Gasteiger partial charge on any atom is -0.342 e. The molecule has 0 unspecified atom stereocenters. The molecule has 6 nitrogen and oxygen atoms in total. The quantitative estimate of drug-likeness (QED) is 0.789. The molecule has 1 aliphatic rings. The van der Waals surface area contributed by atoms with Crippen LogP contribution in [-0.4, -0.2) is 49.9 Å². The van der Waals surface area contributed by atoms with Gasteiger partial charge in [0.2, 0.25) is 11.1 Å². The molecule has 0 spiro atoms. The number of thioether (sulfide) groups is 1. The van der Waals surface area contributed by atoms with Gasteiger partial charge in [-0.2, -0.15) is 4.68 Å². The first-order valence-corrected chi connectivity index (χ1v) is 8.66. The summed E-state index contributed by atoms with van der Waals surface area (Å²) in [5.74, 6) is -0.144. The zero-order chi connectivity index (χ0) is 16.2. The van der Waals surface area contributed by atoms with Crippen molar-refractivity contribution in [3.05, 3.63) is 29.0 Å². The Kier molecular flexibility index (Phi) is 5.12. The number of hydrogen-bond donors (Lipinski definition) is 0. The summed E-state index contributed by atoms with van der Waals surface area (Å²) in [5.41, 5.74) is 0.550. The standard InChI is InChI=1S/C14H15ClFN5OS/c15-11-8-10(4-5-12(11)16)21-14(17-18-19-21)23-9-13(22)20-6-2-1-3-7-20/h4-5,8H,1-3,6-7,9H2. The highest BCUT2D eigenvalue weighted by Crippen LogP contribution is 2.23. The molecule has 1 aliphatic heterocycles. The zero-order valence-electron chi connectivity index (χ0n) is 12.3. The summed E-state index contributed by atoms with van der Waals surface area (Å²) < 4.78 is 14.7. The maximum Gasteiger partial charge on any atom is 0.233 e. The highest BCUT2D eigenvalue weighted by atomic mass is 35.5. The Hall–Kier alpha value is -1.67. The third-order valence-electron chi connectivity index (χ3n) is 3.62. The van der Waals surface area contributed by atoms with Crippen molar-refractivity contribution in [3.8, 4) is 5.69 Å². The molecule has 3 rings (SSSR count). The van der Waals surface area contributed by atoms with Crippen LogP contribution in [0.3, 0.4) is 0 Å². The van der Waals surface area contributed by atoms with Crippen LogP contribution in [0.25, 0.3) is 5.69 Å². The SMILES string of the molecule is O=C(CSc1nnnn1-c1ccc(F)c(Cl)c1)N1CCCCC1. The van der Waals surface area contributed by atoms with Crippen LogP contribution in [0.5, 0.6) is 0 Å². The number of benzene rings is 1. The molecular weight excluding hydrogens is 341 g/mol. The topological polar surface area (TPSA) is 63.9 Å². The molecule has 1 aromatic heterocycles. The van der Waals surface area contributed by atoms with Crippen molar-refractivity contribution in [2.24, 2.45) is 0 Å². The van der Waals surface area contributed by atoms with Crippen molar-refractivity contribution in [3.63, 3.8) is 0 Å². The summed E-state index contributed by atoms with van der Waals surface area (Å²) in [4.78, 5) is 14.1. The van der Waals surface area contributed by atoms with Crippen molar-refractivity contribution in [2.45, 2.75) is 24.4 Å². The molecule has 2 heterocycles. The van der Waals surface area contributed by atoms with Gasteiger partial charge in [0.1, 0.15) is 5.82 Å². The van der Waals surface area contributed by atoms with Gasteiger partial charge in [0.15, 0.2) is 0 Å². The third kappa shape index (κ3) is 3.81. The Labute approximate surface area is 142 Å². The average molecular weight is 356 g/mol. The number of piperidine rings is 1. The molecule has 0 saturated carbocycles. The number of aromatic nitrogens is 4. The average Bonchev–Trinajstić information content (AvgIpc) is 3.04. The van der Waals surface area contributed by atoms with Crippen LogP contribution >= 0.6 is 23.4 Å². The van der Waals surface area contributed by atoms with Gasteiger partial charge < -0.3 is 4.90 Å². The number of likely N-dealkylation sites (tertiary alicyclic amines) is 1. The Morgan fingerprint density at radius 3 is 2.83 bits per heavy atom. The molecule has 0 radical (unpaired) electrons. The first kappa shape index (κ1) is 16.2. The van der Waals surface area contributed by atoms with Gasteiger partial charge in [0.25, 0.3) is 0 Å². The number of amides is 1. The van der Waals surface area contributed by atoms with Gasteiger partial charge in [-0.3, -0.25) is 4.79 Å². The second-order valence-corrected chi connectivity index (χ2v) is 6.55. The first-order valence-electron chi connectivity index (χ1n) is 7.29. The highest BCUT2D eigenvalue weighted by Gasteiger charge is 2.18. The lowest BCUT2D eigenvalue weighted by atomic mass is 10.1. The normalized spacial score (nSPS) is 15.0. The van der Waals surface area contributed by atoms with Crippen molar-refractivity contribution in [1.29, 1.82) is 0 Å². The van der Waals surface area contributed by atoms with Gasteiger partial charge in [-0.1, -0.05) is 23.4 Å². The lowest BCUT2D eigenvalue weighted by Gasteiger charge is -2.26. The van der Waals surface area contributed by atoms with Crippen molar-refractivity contribution >= 4 is 29.3 Å². The molecule has 0 bridgehead atoms. The second kappa shape index (κ2) is 7.27. The predicted octanol–water partition coefficient (Wildman–Crippen LogP) is 2.56. The van der Waals surface area contributed by atoms with E-state index < -0.39 is 5.82 Å². The highest BCUT2D eigenvalue weighted by molar-refractivity contribution is 7.99. The Bertz CT molecular complexity index is 704. The molecule has 0 atom stereocenters. The Morgan fingerprint density at radius 2 is 2.09 bits per heavy atom. The van der Waals surface area contributed by atoms with Gasteiger partial charge in [-0.25, -0.2) is 4.39 Å². The van der Waals surface area contributed by atoms with Crippen LogP contribution in [-0.2, 0) is 4.79 Å². The van der Waals surface area contributed by atoms with Crippen LogP contribution in [0.2, 0.25) is 5.02 Å². The molecule has 1 saturated heterocycles. The number of nitrogens with zero attached hydrogens (tertiary/aromatic N) is 5. The Balaban J connectivity index is 1.68. The second-order valence-electron chi connectivity index (χ2n) is 5.20. The summed E-state index contributed by atoms with van der Waals surface area (Å²) in [6.07, 6.45) is 3.30. The van der Waals surface area contributed by atoms with Crippen LogP contribution in [0.15, 0.2) is 23.4 Å². The van der Waals surface area contributed by atoms with Crippen LogP contribution < -0.4 is 0 Å². The predicted molar refractivity (Wildman–Crippen MR) is 85.3 cm³/mol. The lowest BCUT2D eigenvalue weighted by molar-refractivity contribution is -0.129. The van der Waals surface area contributed by atoms with E-state index in [0.29, 0.717) is 10.8 Å². The summed E-state index contributed by atoms with van der Waals surface area (Å²) in [5, 5.41) is 11.9. The molecule has 9 heteroatoms. The van der Waals surface area contributed by atoms with Gasteiger partial charge >= 0.3 is 0 Å². The fourth-order valence-electron chi connectivity index (χ4n) is 2.41. The third-order valence-corrected chi connectivity index (χ3v) is 4.82. The Morgan fingerprint density at radius 1 is 1.30 bits per heavy atom. The number of hydrogen-bond acceptors (Lipinski definition) is 5. The smallest absolute Gasteiger partial charge is 0.233 e. The van der Waals surface area contributed by atoms with E-state index in [0.717, 1.165) is 25.9 Å². The zero-order valence-corrected chi connectivity index (χ0v) is 13.9. The monoisotopic (exact) mass is 355 g/mol. The summed E-state index contributed by atoms with van der Waals surface area (Å²) in [6, 6.07) is 4.24. The lowest BCUT2D eigenvalue weighted by Crippen LogP contribution is -2.36. The summed E-state index contributed by atoms with van der Waals surface area (Å²) >= 11 is 7.05. The molecule has 23 heavy (non-hydrogen) atoms. The molecule has 2 aromatic rings. The van der Waals surface area contributed by atoms with Crippen LogP contribution in [0.1, 0.15) is 19.3 Å². The van der Waals surface area contributed by atoms with E-state index in [2.05, 4.69) is 15.5 Å². The largest absolute Gasteiger partial charge is 0.342 e. The first-order chi connectivity index (χ1) is 11.1. The molecule has 1 fully saturated rings. The van der Waals surface area contributed by atoms with E-state index in [-0.39, 0.29) is 16.7 Å². The van der Waals surface area contributed by atoms with E-state index >= 15 is 0 Å². The van der Waals surface area contributed by atoms with E-state index in [9.17, 15) is 9.18 Å².